The molecule has 0 radical (unpaired) electrons. The van der Waals surface area contributed by atoms with Crippen LogP contribution >= 0.6 is 23.5 Å². The van der Waals surface area contributed by atoms with Crippen molar-refractivity contribution in [2.24, 2.45) is 33.2 Å². The second kappa shape index (κ2) is 76.1. The fourth-order valence-corrected chi connectivity index (χ4v) is 9.11. The number of unbranched alkanes of at least 4 members (excludes halogenated alkanes) is 4. The number of nitrogens with zero attached hydrogens (tertiary/aromatic N) is 6. The highest BCUT2D eigenvalue weighted by Crippen LogP contribution is 2.14. The van der Waals surface area contributed by atoms with Gasteiger partial charge in [-0.1, -0.05) is 111 Å². The minimum Gasteiger partial charge on any atom is -0.356 e. The molecule has 0 unspecified atom stereocenters. The number of benzene rings is 2. The minimum atomic E-state index is -0.125. The summed E-state index contributed by atoms with van der Waals surface area (Å²) in [6.07, 6.45) is 15.2. The Hall–Kier alpha value is -6.66. The summed E-state index contributed by atoms with van der Waals surface area (Å²) < 4.78 is 0. The van der Waals surface area contributed by atoms with Crippen molar-refractivity contribution in [2.75, 3.05) is 92.1 Å². The summed E-state index contributed by atoms with van der Waals surface area (Å²) >= 11 is 2.37. The molecule has 2 aromatic carbocycles. The van der Waals surface area contributed by atoms with Gasteiger partial charge in [-0.3, -0.25) is 47.9 Å². The lowest BCUT2D eigenvalue weighted by Crippen LogP contribution is -2.33. The predicted octanol–water partition coefficient (Wildman–Crippen LogP) is 9.07. The highest BCUT2D eigenvalue weighted by Gasteiger charge is 2.16. The summed E-state index contributed by atoms with van der Waals surface area (Å²) in [4.78, 5) is 115. The molecule has 30 heteroatoms. The molecule has 2 aromatic rings. The molecule has 0 heterocycles. The molecule has 0 aliphatic rings. The van der Waals surface area contributed by atoms with Gasteiger partial charge < -0.3 is 65.5 Å². The Morgan fingerprint density at radius 2 is 0.633 bits per heavy atom. The Kier molecular flexibility index (Phi) is 79.5. The number of hydrogen-bond donors (Lipinski definition) is 12. The van der Waals surface area contributed by atoms with Crippen LogP contribution in [0.5, 0.6) is 0 Å². The molecular weight excluding hydrogens is 1290 g/mol. The number of likely N-dealkylation sites (N-methyl/N-ethyl adjacent to an activating group) is 4. The molecule has 0 bridgehead atoms. The van der Waals surface area contributed by atoms with Gasteiger partial charge in [0.2, 0.25) is 11.8 Å². The topological polar surface area (TPSA) is 469 Å². The van der Waals surface area contributed by atoms with Crippen molar-refractivity contribution in [2.45, 2.75) is 209 Å². The second-order valence-corrected chi connectivity index (χ2v) is 23.6. The van der Waals surface area contributed by atoms with Gasteiger partial charge in [-0.2, -0.15) is 0 Å². The standard InChI is InChI=1S/2C9H10N4O.4C9H20N2O.2C7H13NO2S/c2*1-2-11-9(14)7-3-5-8(6-4-7)12-13-10;4*1-3-9(12)8(11-2)6-4-5-7-10;2*1-3-8-7(10)4-5-11-6(2)9/h2*3-6H,2H2,1H3,(H,11,14);4*8,11H,3-7,10H2,1-2H3;2*3-5H2,1-2H3,(H,8,10)/t;;4*8-;;/m..0000../s1. The number of thioether (sulfide) groups is 2. The number of Topliss-reactive ketones (excluding diaryl/α,β-unsaturated/α-hetero) is 4. The molecule has 0 aliphatic heterocycles. The van der Waals surface area contributed by atoms with E-state index in [-0.39, 0.29) is 58.0 Å². The van der Waals surface area contributed by atoms with Crippen molar-refractivity contribution in [3.05, 3.63) is 80.5 Å². The zero-order valence-corrected chi connectivity index (χ0v) is 63.3. The van der Waals surface area contributed by atoms with Gasteiger partial charge in [-0.25, -0.2) is 0 Å². The van der Waals surface area contributed by atoms with Crippen molar-refractivity contribution in [3.8, 4) is 0 Å². The van der Waals surface area contributed by atoms with Gasteiger partial charge in [0, 0.05) is 122 Å². The lowest BCUT2D eigenvalue weighted by Gasteiger charge is -2.12. The Labute approximate surface area is 594 Å². The van der Waals surface area contributed by atoms with Crippen LogP contribution in [-0.2, 0) is 38.4 Å². The summed E-state index contributed by atoms with van der Waals surface area (Å²) in [6.45, 7) is 23.4. The quantitative estimate of drug-likeness (QED) is 0.0127. The normalized spacial score (nSPS) is 11.0. The van der Waals surface area contributed by atoms with Gasteiger partial charge in [-0.15, -0.1) is 0 Å². The number of ketones is 4. The van der Waals surface area contributed by atoms with Crippen molar-refractivity contribution >= 4 is 91.9 Å². The molecule has 16 N–H and O–H groups in total. The number of nitrogens with one attached hydrogen (secondary N) is 8. The Balaban J connectivity index is -0.000000247. The number of nitrogens with two attached hydrogens (primary N) is 4. The SMILES string of the molecule is CCC(=O)[C@H](CCCCN)NC.CCC(=O)[C@H](CCCCN)NC.CCC(=O)[C@H](CCCCN)NC.CCC(=O)[C@H](CCCCN)NC.CCNC(=O)CCSC(C)=O.CCNC(=O)CCSC(C)=O.CCNC(=O)c1ccc(N=[N+]=[N-])cc1.CCNC(=O)c1ccc(N=[N+]=[N-])cc1. The van der Waals surface area contributed by atoms with E-state index in [0.717, 1.165) is 103 Å². The average Bonchev–Trinajstić information content (AvgIpc) is 1.00. The molecule has 98 heavy (non-hydrogen) atoms. The van der Waals surface area contributed by atoms with Gasteiger partial charge >= 0.3 is 0 Å². The van der Waals surface area contributed by atoms with Gasteiger partial charge in [0.15, 0.2) is 10.2 Å². The van der Waals surface area contributed by atoms with Crippen LogP contribution in [0, 0.1) is 0 Å². The van der Waals surface area contributed by atoms with E-state index in [1.807, 2.05) is 83.6 Å². The number of rotatable bonds is 42. The Morgan fingerprint density at radius 1 is 0.398 bits per heavy atom. The lowest BCUT2D eigenvalue weighted by atomic mass is 10.0. The summed E-state index contributed by atoms with van der Waals surface area (Å²) in [5, 5.41) is 29.7. The fraction of sp³-hybridized carbons (Fsp3) is 0.676. The van der Waals surface area contributed by atoms with Crippen molar-refractivity contribution < 1.29 is 47.9 Å². The maximum atomic E-state index is 11.3. The molecule has 0 saturated carbocycles. The van der Waals surface area contributed by atoms with E-state index in [4.69, 9.17) is 34.0 Å². The van der Waals surface area contributed by atoms with E-state index >= 15 is 0 Å². The summed E-state index contributed by atoms with van der Waals surface area (Å²) in [7, 11) is 7.34. The molecule has 0 spiro atoms. The third-order valence-electron chi connectivity index (χ3n) is 13.4. The van der Waals surface area contributed by atoms with E-state index in [9.17, 15) is 47.9 Å². The first-order valence-corrected chi connectivity index (χ1v) is 36.2. The van der Waals surface area contributed by atoms with Crippen LogP contribution in [0.3, 0.4) is 0 Å². The molecule has 0 saturated heterocycles. The van der Waals surface area contributed by atoms with Crippen LogP contribution in [0.15, 0.2) is 58.8 Å². The van der Waals surface area contributed by atoms with Crippen LogP contribution in [0.4, 0.5) is 11.4 Å². The smallest absolute Gasteiger partial charge is 0.251 e. The van der Waals surface area contributed by atoms with Crippen molar-refractivity contribution in [3.63, 3.8) is 0 Å². The van der Waals surface area contributed by atoms with Gasteiger partial charge in [0.05, 0.1) is 24.2 Å². The van der Waals surface area contributed by atoms with Gasteiger partial charge in [0.25, 0.3) is 11.8 Å². The highest BCUT2D eigenvalue weighted by molar-refractivity contribution is 8.13. The summed E-state index contributed by atoms with van der Waals surface area (Å²) in [6, 6.07) is 13.1. The number of carbonyl (C=O) groups excluding carboxylic acids is 10. The molecule has 560 valence electrons. The van der Waals surface area contributed by atoms with E-state index in [2.05, 4.69) is 62.6 Å². The van der Waals surface area contributed by atoms with E-state index in [0.29, 0.717) is 122 Å². The fourth-order valence-electron chi connectivity index (χ4n) is 7.96. The maximum Gasteiger partial charge on any atom is 0.251 e. The van der Waals surface area contributed by atoms with Crippen LogP contribution in [0.1, 0.15) is 206 Å². The largest absolute Gasteiger partial charge is 0.356 e. The van der Waals surface area contributed by atoms with Crippen LogP contribution in [0.2, 0.25) is 0 Å². The zero-order chi connectivity index (χ0) is 75.7. The summed E-state index contributed by atoms with van der Waals surface area (Å²) in [5.74, 6) is 2.15. The van der Waals surface area contributed by atoms with E-state index < -0.39 is 0 Å². The molecule has 2 rings (SSSR count). The Bertz CT molecular complexity index is 2280. The number of carbonyl (C=O) groups is 10. The molecule has 4 atom stereocenters. The van der Waals surface area contributed by atoms with E-state index in [1.165, 1.54) is 37.4 Å². The number of hydrogen-bond acceptors (Lipinski definition) is 22. The maximum absolute atomic E-state index is 11.3. The van der Waals surface area contributed by atoms with Crippen molar-refractivity contribution in [1.82, 2.24) is 42.5 Å². The number of amides is 4. The molecule has 0 aromatic heterocycles. The van der Waals surface area contributed by atoms with Gasteiger partial charge in [-0.05, 0) is 169 Å². The lowest BCUT2D eigenvalue weighted by molar-refractivity contribution is -0.121. The van der Waals surface area contributed by atoms with Crippen LogP contribution in [0.25, 0.3) is 20.9 Å². The molecule has 0 fully saturated rings. The summed E-state index contributed by atoms with van der Waals surface area (Å²) in [5.41, 5.74) is 39.9. The molecule has 28 nitrogen and oxygen atoms in total. The first kappa shape index (κ1) is 102. The average molecular weight is 1420 g/mol. The highest BCUT2D eigenvalue weighted by atomic mass is 32.2. The minimum absolute atomic E-state index is 0.0150. The van der Waals surface area contributed by atoms with Crippen LogP contribution in [-0.4, -0.2) is 173 Å². The predicted molar refractivity (Wildman–Crippen MR) is 404 cm³/mol. The first-order valence-electron chi connectivity index (χ1n) is 34.2. The van der Waals surface area contributed by atoms with E-state index in [1.54, 1.807) is 48.5 Å². The first-order chi connectivity index (χ1) is 46.9. The Morgan fingerprint density at radius 3 is 0.806 bits per heavy atom. The zero-order valence-electron chi connectivity index (χ0n) is 61.6. The molecular formula is C68H126N18O10S2. The molecule has 4 amide bonds. The monoisotopic (exact) mass is 1420 g/mol. The number of azide groups is 2. The van der Waals surface area contributed by atoms with Crippen molar-refractivity contribution in [1.29, 1.82) is 0 Å². The van der Waals surface area contributed by atoms with Crippen LogP contribution < -0.4 is 65.5 Å². The second-order valence-electron chi connectivity index (χ2n) is 21.1. The third kappa shape index (κ3) is 65.3. The van der Waals surface area contributed by atoms with Gasteiger partial charge in [0.1, 0.15) is 23.1 Å². The third-order valence-corrected chi connectivity index (χ3v) is 15.0. The molecule has 0 aliphatic carbocycles.